The minimum absolute atomic E-state index is 0.154. The summed E-state index contributed by atoms with van der Waals surface area (Å²) in [5.74, 6) is -0.154. The molecule has 0 saturated carbocycles. The second-order valence-corrected chi connectivity index (χ2v) is 7.01. The molecule has 1 N–H and O–H groups in total. The fraction of sp³-hybridized carbons (Fsp3) is 0.444. The van der Waals surface area contributed by atoms with Gasteiger partial charge < -0.3 is 5.32 Å². The van der Waals surface area contributed by atoms with Crippen LogP contribution in [-0.2, 0) is 12.8 Å². The van der Waals surface area contributed by atoms with Crippen LogP contribution in [0, 0.1) is 12.7 Å². The summed E-state index contributed by atoms with van der Waals surface area (Å²) in [5, 5.41) is 3.64. The van der Waals surface area contributed by atoms with Crippen molar-refractivity contribution in [3.05, 3.63) is 56.5 Å². The predicted molar refractivity (Wildman–Crippen MR) is 87.6 cm³/mol. The maximum absolute atomic E-state index is 13.4. The number of hydrogen-bond donors (Lipinski definition) is 1. The minimum atomic E-state index is -0.154. The highest BCUT2D eigenvalue weighted by atomic mass is 32.1. The largest absolute Gasteiger partial charge is 0.306 e. The van der Waals surface area contributed by atoms with E-state index < -0.39 is 0 Å². The summed E-state index contributed by atoms with van der Waals surface area (Å²) in [6, 6.07) is 7.70. The van der Waals surface area contributed by atoms with Crippen LogP contribution in [0.2, 0.25) is 0 Å². The average Bonchev–Trinajstić information content (AvgIpc) is 3.02. The van der Waals surface area contributed by atoms with Gasteiger partial charge in [-0.2, -0.15) is 0 Å². The molecule has 0 amide bonds. The quantitative estimate of drug-likeness (QED) is 0.838. The Morgan fingerprint density at radius 2 is 2.14 bits per heavy atom. The SMILES string of the molecule is CCCNC(c1cc2c(s1)CCC2)c1ccc(F)cc1C. The molecular formula is C18H22FNS. The van der Waals surface area contributed by atoms with Crippen LogP contribution in [0.25, 0.3) is 0 Å². The van der Waals surface area contributed by atoms with Crippen LogP contribution >= 0.6 is 11.3 Å². The van der Waals surface area contributed by atoms with E-state index in [1.807, 2.05) is 24.3 Å². The van der Waals surface area contributed by atoms with Crippen molar-refractivity contribution in [2.24, 2.45) is 0 Å². The molecule has 1 unspecified atom stereocenters. The van der Waals surface area contributed by atoms with Gasteiger partial charge in [-0.1, -0.05) is 13.0 Å². The molecule has 0 radical (unpaired) electrons. The first-order valence-electron chi connectivity index (χ1n) is 7.80. The van der Waals surface area contributed by atoms with Crippen LogP contribution in [0.1, 0.15) is 52.3 Å². The van der Waals surface area contributed by atoms with Gasteiger partial charge in [-0.3, -0.25) is 0 Å². The number of aryl methyl sites for hydroxylation is 3. The third kappa shape index (κ3) is 3.04. The van der Waals surface area contributed by atoms with Crippen molar-refractivity contribution >= 4 is 11.3 Å². The summed E-state index contributed by atoms with van der Waals surface area (Å²) >= 11 is 1.93. The molecule has 1 aromatic heterocycles. The summed E-state index contributed by atoms with van der Waals surface area (Å²) in [5.41, 5.74) is 3.75. The van der Waals surface area contributed by atoms with Crippen molar-refractivity contribution in [2.75, 3.05) is 6.54 Å². The lowest BCUT2D eigenvalue weighted by molar-refractivity contribution is 0.595. The van der Waals surface area contributed by atoms with Gasteiger partial charge in [0.2, 0.25) is 0 Å². The van der Waals surface area contributed by atoms with Crippen molar-refractivity contribution in [1.29, 1.82) is 0 Å². The van der Waals surface area contributed by atoms with E-state index in [1.54, 1.807) is 17.0 Å². The molecule has 3 heteroatoms. The highest BCUT2D eigenvalue weighted by Gasteiger charge is 2.22. The smallest absolute Gasteiger partial charge is 0.123 e. The van der Waals surface area contributed by atoms with Crippen molar-refractivity contribution in [3.63, 3.8) is 0 Å². The lowest BCUT2D eigenvalue weighted by Crippen LogP contribution is -2.23. The van der Waals surface area contributed by atoms with Gasteiger partial charge in [-0.15, -0.1) is 11.3 Å². The van der Waals surface area contributed by atoms with E-state index in [2.05, 4.69) is 18.3 Å². The summed E-state index contributed by atoms with van der Waals surface area (Å²) in [6.45, 7) is 5.15. The monoisotopic (exact) mass is 303 g/mol. The fourth-order valence-electron chi connectivity index (χ4n) is 3.11. The van der Waals surface area contributed by atoms with E-state index in [1.165, 1.54) is 35.3 Å². The number of fused-ring (bicyclic) bond motifs is 1. The van der Waals surface area contributed by atoms with Crippen molar-refractivity contribution in [2.45, 2.75) is 45.6 Å². The molecule has 1 aliphatic carbocycles. The Labute approximate surface area is 130 Å². The molecule has 0 aliphatic heterocycles. The Kier molecular flexibility index (Phi) is 4.41. The molecule has 1 aromatic carbocycles. The standard InChI is InChI=1S/C18H22FNS/c1-3-9-20-18(15-8-7-14(19)10-12(15)2)17-11-13-5-4-6-16(13)21-17/h7-8,10-11,18,20H,3-6,9H2,1-2H3. The molecule has 1 nitrogen and oxygen atoms in total. The van der Waals surface area contributed by atoms with Crippen LogP contribution in [-0.4, -0.2) is 6.54 Å². The van der Waals surface area contributed by atoms with Gasteiger partial charge in [0.05, 0.1) is 6.04 Å². The molecule has 112 valence electrons. The van der Waals surface area contributed by atoms with Gasteiger partial charge in [0.15, 0.2) is 0 Å². The maximum Gasteiger partial charge on any atom is 0.123 e. The molecule has 21 heavy (non-hydrogen) atoms. The van der Waals surface area contributed by atoms with Gasteiger partial charge >= 0.3 is 0 Å². The van der Waals surface area contributed by atoms with Gasteiger partial charge in [-0.25, -0.2) is 4.39 Å². The number of thiophene rings is 1. The number of benzene rings is 1. The molecule has 0 spiro atoms. The van der Waals surface area contributed by atoms with E-state index in [9.17, 15) is 4.39 Å². The van der Waals surface area contributed by atoms with Gasteiger partial charge in [0.1, 0.15) is 5.82 Å². The molecule has 0 fully saturated rings. The van der Waals surface area contributed by atoms with Crippen LogP contribution in [0.3, 0.4) is 0 Å². The number of nitrogens with one attached hydrogen (secondary N) is 1. The molecule has 3 rings (SSSR count). The molecule has 2 aromatic rings. The van der Waals surface area contributed by atoms with E-state index in [4.69, 9.17) is 0 Å². The summed E-state index contributed by atoms with van der Waals surface area (Å²) < 4.78 is 13.4. The Morgan fingerprint density at radius 1 is 1.29 bits per heavy atom. The third-order valence-electron chi connectivity index (χ3n) is 4.19. The zero-order valence-corrected chi connectivity index (χ0v) is 13.5. The van der Waals surface area contributed by atoms with Crippen LogP contribution in [0.4, 0.5) is 4.39 Å². The number of rotatable bonds is 5. The highest BCUT2D eigenvalue weighted by molar-refractivity contribution is 7.12. The maximum atomic E-state index is 13.4. The first-order valence-corrected chi connectivity index (χ1v) is 8.61. The molecule has 0 saturated heterocycles. The second-order valence-electron chi connectivity index (χ2n) is 5.84. The first-order chi connectivity index (χ1) is 10.2. The van der Waals surface area contributed by atoms with E-state index >= 15 is 0 Å². The first kappa shape index (κ1) is 14.7. The Bertz CT molecular complexity index is 611. The summed E-state index contributed by atoms with van der Waals surface area (Å²) in [4.78, 5) is 2.93. The molecule has 0 bridgehead atoms. The Morgan fingerprint density at radius 3 is 2.86 bits per heavy atom. The summed E-state index contributed by atoms with van der Waals surface area (Å²) in [6.07, 6.45) is 4.84. The summed E-state index contributed by atoms with van der Waals surface area (Å²) in [7, 11) is 0. The van der Waals surface area contributed by atoms with Crippen molar-refractivity contribution in [3.8, 4) is 0 Å². The van der Waals surface area contributed by atoms with E-state index in [0.717, 1.165) is 18.5 Å². The van der Waals surface area contributed by atoms with Crippen LogP contribution < -0.4 is 5.32 Å². The Balaban J connectivity index is 1.96. The second kappa shape index (κ2) is 6.29. The van der Waals surface area contributed by atoms with Gasteiger partial charge in [0.25, 0.3) is 0 Å². The zero-order valence-electron chi connectivity index (χ0n) is 12.7. The zero-order chi connectivity index (χ0) is 14.8. The average molecular weight is 303 g/mol. The molecule has 1 heterocycles. The normalized spacial score (nSPS) is 15.2. The van der Waals surface area contributed by atoms with Crippen molar-refractivity contribution in [1.82, 2.24) is 5.32 Å². The van der Waals surface area contributed by atoms with Crippen LogP contribution in [0.15, 0.2) is 24.3 Å². The van der Waals surface area contributed by atoms with Crippen LogP contribution in [0.5, 0.6) is 0 Å². The molecule has 1 atom stereocenters. The molecule has 1 aliphatic rings. The van der Waals surface area contributed by atoms with E-state index in [0.29, 0.717) is 0 Å². The van der Waals surface area contributed by atoms with Crippen molar-refractivity contribution < 1.29 is 4.39 Å². The minimum Gasteiger partial charge on any atom is -0.306 e. The topological polar surface area (TPSA) is 12.0 Å². The Hall–Kier alpha value is -1.19. The predicted octanol–water partition coefficient (Wildman–Crippen LogP) is 4.77. The number of halogens is 1. The number of hydrogen-bond acceptors (Lipinski definition) is 2. The lowest BCUT2D eigenvalue weighted by Gasteiger charge is -2.20. The van der Waals surface area contributed by atoms with Gasteiger partial charge in [0, 0.05) is 9.75 Å². The fourth-order valence-corrected chi connectivity index (χ4v) is 4.46. The van der Waals surface area contributed by atoms with Gasteiger partial charge in [-0.05, 0) is 74.0 Å². The highest BCUT2D eigenvalue weighted by Crippen LogP contribution is 2.37. The molecular weight excluding hydrogens is 281 g/mol. The van der Waals surface area contributed by atoms with E-state index in [-0.39, 0.29) is 11.9 Å². The lowest BCUT2D eigenvalue weighted by atomic mass is 9.99. The third-order valence-corrected chi connectivity index (χ3v) is 5.49.